The lowest BCUT2D eigenvalue weighted by Crippen LogP contribution is -2.31. The van der Waals surface area contributed by atoms with Gasteiger partial charge in [0.2, 0.25) is 18.6 Å². The Labute approximate surface area is 210 Å². The maximum Gasteiger partial charge on any atom is 0.247 e. The van der Waals surface area contributed by atoms with Gasteiger partial charge in [-0.3, -0.25) is 14.6 Å². The Morgan fingerprint density at radius 1 is 1.09 bits per heavy atom. The van der Waals surface area contributed by atoms with Crippen LogP contribution in [0.5, 0.6) is 17.2 Å². The summed E-state index contributed by atoms with van der Waals surface area (Å²) in [7, 11) is 0. The number of nitrogens with zero attached hydrogens (tertiary/aromatic N) is 2. The number of nitrogens with one attached hydrogen (secondary N) is 1. The number of hydrogen-bond donors (Lipinski definition) is 1. The molecule has 8 nitrogen and oxygen atoms in total. The largest absolute Gasteiger partial charge is 0.494 e. The third-order valence-electron chi connectivity index (χ3n) is 5.65. The van der Waals surface area contributed by atoms with Gasteiger partial charge in [-0.25, -0.2) is 4.90 Å². The van der Waals surface area contributed by atoms with Gasteiger partial charge in [0.15, 0.2) is 16.7 Å². The predicted octanol–water partition coefficient (Wildman–Crippen LogP) is 5.23. The lowest BCUT2D eigenvalue weighted by molar-refractivity contribution is -0.121. The Morgan fingerprint density at radius 2 is 1.89 bits per heavy atom. The van der Waals surface area contributed by atoms with E-state index in [1.807, 2.05) is 25.1 Å². The minimum Gasteiger partial charge on any atom is -0.494 e. The lowest BCUT2D eigenvalue weighted by atomic mass is 10.2. The van der Waals surface area contributed by atoms with E-state index in [9.17, 15) is 9.59 Å². The molecule has 1 fully saturated rings. The van der Waals surface area contributed by atoms with Gasteiger partial charge >= 0.3 is 0 Å². The van der Waals surface area contributed by atoms with Crippen LogP contribution in [-0.4, -0.2) is 42.2 Å². The van der Waals surface area contributed by atoms with E-state index >= 15 is 0 Å². The monoisotopic (exact) mass is 497 g/mol. The summed E-state index contributed by atoms with van der Waals surface area (Å²) < 4.78 is 16.6. The van der Waals surface area contributed by atoms with Crippen LogP contribution >= 0.6 is 11.8 Å². The second-order valence-electron chi connectivity index (χ2n) is 8.25. The molecule has 0 radical (unpaired) electrons. The van der Waals surface area contributed by atoms with Gasteiger partial charge in [-0.15, -0.1) is 0 Å². The molecule has 1 saturated heterocycles. The molecule has 2 aliphatic rings. The van der Waals surface area contributed by atoms with E-state index in [4.69, 9.17) is 14.2 Å². The number of amides is 2. The highest BCUT2D eigenvalue weighted by atomic mass is 32.2. The van der Waals surface area contributed by atoms with Crippen LogP contribution in [-0.2, 0) is 9.59 Å². The van der Waals surface area contributed by atoms with Gasteiger partial charge in [0.25, 0.3) is 0 Å². The summed E-state index contributed by atoms with van der Waals surface area (Å²) in [4.78, 5) is 31.6. The molecule has 4 rings (SSSR count). The number of thioether (sulfide) groups is 1. The van der Waals surface area contributed by atoms with E-state index in [1.54, 1.807) is 24.3 Å². The maximum absolute atomic E-state index is 13.2. The Hall–Kier alpha value is -3.20. The lowest BCUT2D eigenvalue weighted by Gasteiger charge is -2.16. The molecule has 35 heavy (non-hydrogen) atoms. The predicted molar refractivity (Wildman–Crippen MR) is 139 cm³/mol. The Balaban J connectivity index is 1.37. The minimum absolute atomic E-state index is 0.116. The third-order valence-corrected chi connectivity index (χ3v) is 6.75. The van der Waals surface area contributed by atoms with Crippen molar-refractivity contribution >= 4 is 40.1 Å². The maximum atomic E-state index is 13.2. The molecule has 0 saturated carbocycles. The topological polar surface area (TPSA) is 89.5 Å². The number of carbonyl (C=O) groups is 2. The Kier molecular flexibility index (Phi) is 8.52. The number of carbonyl (C=O) groups excluding carboxylic acids is 2. The molecule has 1 atom stereocenters. The highest BCUT2D eigenvalue weighted by Gasteiger charge is 2.40. The van der Waals surface area contributed by atoms with Gasteiger partial charge in [-0.2, -0.15) is 0 Å². The van der Waals surface area contributed by atoms with Crippen LogP contribution in [0.25, 0.3) is 0 Å². The van der Waals surface area contributed by atoms with Crippen molar-refractivity contribution in [1.82, 2.24) is 0 Å². The average molecular weight is 498 g/mol. The number of rotatable bonds is 10. The molecule has 0 unspecified atom stereocenters. The number of ether oxygens (including phenoxy) is 3. The molecule has 0 bridgehead atoms. The summed E-state index contributed by atoms with van der Waals surface area (Å²) in [5.74, 6) is 1.62. The van der Waals surface area contributed by atoms with E-state index in [0.717, 1.165) is 24.3 Å². The van der Waals surface area contributed by atoms with Crippen LogP contribution in [0, 0.1) is 0 Å². The van der Waals surface area contributed by atoms with Crippen LogP contribution < -0.4 is 24.4 Å². The van der Waals surface area contributed by atoms with Crippen molar-refractivity contribution in [2.24, 2.45) is 4.99 Å². The number of amidine groups is 1. The molecule has 2 aromatic rings. The van der Waals surface area contributed by atoms with Gasteiger partial charge in [0, 0.05) is 24.7 Å². The zero-order valence-electron chi connectivity index (χ0n) is 20.1. The Morgan fingerprint density at radius 3 is 2.66 bits per heavy atom. The molecular weight excluding hydrogens is 466 g/mol. The van der Waals surface area contributed by atoms with Crippen molar-refractivity contribution < 1.29 is 23.8 Å². The summed E-state index contributed by atoms with van der Waals surface area (Å²) in [5, 5.41) is 3.27. The van der Waals surface area contributed by atoms with Gasteiger partial charge in [0.1, 0.15) is 11.0 Å². The normalized spacial score (nSPS) is 17.3. The van der Waals surface area contributed by atoms with Gasteiger partial charge in [0.05, 0.1) is 12.3 Å². The first-order valence-corrected chi connectivity index (χ1v) is 12.9. The van der Waals surface area contributed by atoms with Crippen molar-refractivity contribution in [3.05, 3.63) is 42.5 Å². The fourth-order valence-corrected chi connectivity index (χ4v) is 4.94. The smallest absolute Gasteiger partial charge is 0.247 e. The summed E-state index contributed by atoms with van der Waals surface area (Å²) in [6.07, 6.45) is 4.67. The second kappa shape index (κ2) is 12.0. The number of unbranched alkanes of at least 4 members (excludes halogenated alkanes) is 3. The van der Waals surface area contributed by atoms with E-state index in [1.165, 1.54) is 29.5 Å². The summed E-state index contributed by atoms with van der Waals surface area (Å²) in [6, 6.07) is 12.6. The number of fused-ring (bicyclic) bond motifs is 1. The van der Waals surface area contributed by atoms with E-state index in [-0.39, 0.29) is 25.0 Å². The van der Waals surface area contributed by atoms with E-state index in [2.05, 4.69) is 17.2 Å². The first kappa shape index (κ1) is 24.9. The highest BCUT2D eigenvalue weighted by molar-refractivity contribution is 8.15. The number of benzene rings is 2. The zero-order chi connectivity index (χ0) is 24.6. The van der Waals surface area contributed by atoms with E-state index < -0.39 is 5.25 Å². The van der Waals surface area contributed by atoms with Crippen molar-refractivity contribution in [2.45, 2.75) is 51.2 Å². The van der Waals surface area contributed by atoms with Crippen LogP contribution in [0.4, 0.5) is 11.4 Å². The molecule has 2 amide bonds. The third kappa shape index (κ3) is 6.28. The molecule has 186 valence electrons. The molecular formula is C26H31N3O5S. The van der Waals surface area contributed by atoms with Crippen LogP contribution in [0.3, 0.4) is 0 Å². The molecule has 2 aliphatic heterocycles. The SMILES string of the molecule is CCCCCCOc1ccc(N2C(=O)C[C@@H](SC(=NCC)Nc3ccc4c(c3)OCO4)C2=O)cc1. The van der Waals surface area contributed by atoms with Crippen molar-refractivity contribution in [3.63, 3.8) is 0 Å². The molecule has 2 aromatic carbocycles. The van der Waals surface area contributed by atoms with Gasteiger partial charge in [-0.05, 0) is 49.7 Å². The van der Waals surface area contributed by atoms with Crippen LogP contribution in [0.1, 0.15) is 46.0 Å². The molecule has 1 N–H and O–H groups in total. The number of imide groups is 1. The minimum atomic E-state index is -0.552. The van der Waals surface area contributed by atoms with Crippen molar-refractivity contribution in [2.75, 3.05) is 30.2 Å². The summed E-state index contributed by atoms with van der Waals surface area (Å²) in [6.45, 7) is 5.50. The summed E-state index contributed by atoms with van der Waals surface area (Å²) in [5.41, 5.74) is 1.33. The summed E-state index contributed by atoms with van der Waals surface area (Å²) >= 11 is 1.27. The first-order chi connectivity index (χ1) is 17.1. The zero-order valence-corrected chi connectivity index (χ0v) is 20.9. The fraction of sp³-hybridized carbons (Fsp3) is 0.423. The standard InChI is InChI=1S/C26H31N3O5S/c1-3-5-6-7-14-32-20-11-9-19(10-12-20)29-24(30)16-23(25(29)31)35-26(27-4-2)28-18-8-13-21-22(15-18)34-17-33-21/h8-13,15,23H,3-7,14,16-17H2,1-2H3,(H,27,28)/t23-/m1/s1. The number of hydrogen-bond acceptors (Lipinski definition) is 7. The number of aliphatic imine (C=N–C) groups is 1. The first-order valence-electron chi connectivity index (χ1n) is 12.1. The van der Waals surface area contributed by atoms with Crippen LogP contribution in [0.15, 0.2) is 47.5 Å². The quantitative estimate of drug-likeness (QED) is 0.208. The molecule has 0 spiro atoms. The highest BCUT2D eigenvalue weighted by Crippen LogP contribution is 2.36. The molecule has 9 heteroatoms. The van der Waals surface area contributed by atoms with Gasteiger partial charge < -0.3 is 19.5 Å². The van der Waals surface area contributed by atoms with Crippen molar-refractivity contribution in [1.29, 1.82) is 0 Å². The second-order valence-corrected chi connectivity index (χ2v) is 9.44. The molecule has 2 heterocycles. The Bertz CT molecular complexity index is 1070. The van der Waals surface area contributed by atoms with Crippen molar-refractivity contribution in [3.8, 4) is 17.2 Å². The van der Waals surface area contributed by atoms with E-state index in [0.29, 0.717) is 35.5 Å². The average Bonchev–Trinajstić information content (AvgIpc) is 3.43. The van der Waals surface area contributed by atoms with Crippen LogP contribution in [0.2, 0.25) is 0 Å². The molecule has 0 aliphatic carbocycles. The number of anilines is 2. The molecule has 0 aromatic heterocycles. The fourth-order valence-electron chi connectivity index (χ4n) is 3.86. The van der Waals surface area contributed by atoms with Gasteiger partial charge in [-0.1, -0.05) is 37.9 Å².